The lowest BCUT2D eigenvalue weighted by molar-refractivity contribution is -0.600. The van der Waals surface area contributed by atoms with Crippen molar-refractivity contribution >= 4 is 0 Å². The highest BCUT2D eigenvalue weighted by molar-refractivity contribution is 5.45. The zero-order valence-electron chi connectivity index (χ0n) is 15.1. The molecule has 3 nitrogen and oxygen atoms in total. The molecule has 0 N–H and O–H groups in total. The van der Waals surface area contributed by atoms with E-state index in [0.29, 0.717) is 11.8 Å². The second-order valence-electron chi connectivity index (χ2n) is 6.88. The van der Waals surface area contributed by atoms with Crippen molar-refractivity contribution in [2.75, 3.05) is 0 Å². The Morgan fingerprint density at radius 2 is 1.67 bits per heavy atom. The molecule has 0 radical (unpaired) electrons. The van der Waals surface area contributed by atoms with E-state index in [1.54, 1.807) is 0 Å². The number of imidazole rings is 1. The Balaban J connectivity index is 2.16. The monoisotopic (exact) mass is 319 g/mol. The Kier molecular flexibility index (Phi) is 4.52. The van der Waals surface area contributed by atoms with Crippen LogP contribution in [0.15, 0.2) is 48.9 Å². The number of para-hydroxylation sites is 1. The highest BCUT2D eigenvalue weighted by Crippen LogP contribution is 2.27. The molecular weight excluding hydrogens is 294 g/mol. The predicted molar refractivity (Wildman–Crippen MR) is 96.8 cm³/mol. The lowest BCUT2D eigenvalue weighted by Gasteiger charge is -2.19. The Bertz CT molecular complexity index is 818. The number of benzene rings is 1. The van der Waals surface area contributed by atoms with E-state index in [1.807, 2.05) is 23.0 Å². The van der Waals surface area contributed by atoms with Crippen LogP contribution in [-0.2, 0) is 0 Å². The molecule has 2 heterocycles. The molecule has 3 heteroatoms. The summed E-state index contributed by atoms with van der Waals surface area (Å²) in [5, 5.41) is 0. The highest BCUT2D eigenvalue weighted by atomic mass is 15.2. The lowest BCUT2D eigenvalue weighted by atomic mass is 9.92. The van der Waals surface area contributed by atoms with Gasteiger partial charge in [0, 0.05) is 18.6 Å². The van der Waals surface area contributed by atoms with Crippen molar-refractivity contribution < 1.29 is 4.57 Å². The summed E-state index contributed by atoms with van der Waals surface area (Å²) in [6.45, 7) is 11.0. The van der Waals surface area contributed by atoms with Crippen molar-refractivity contribution in [1.29, 1.82) is 0 Å². The third-order valence-electron chi connectivity index (χ3n) is 4.37. The first-order valence-corrected chi connectivity index (χ1v) is 8.56. The number of aryl methyl sites for hydroxylation is 1. The maximum Gasteiger partial charge on any atom is 0.270 e. The molecular formula is C21H25N3. The number of nitrogens with zero attached hydrogens (tertiary/aromatic N) is 3. The van der Waals surface area contributed by atoms with Crippen molar-refractivity contribution in [2.45, 2.75) is 46.5 Å². The van der Waals surface area contributed by atoms with E-state index in [2.05, 4.69) is 81.0 Å². The van der Waals surface area contributed by atoms with E-state index >= 15 is 0 Å². The van der Waals surface area contributed by atoms with Crippen molar-refractivity contribution in [1.82, 2.24) is 9.55 Å². The normalized spacial score (nSPS) is 11.5. The molecule has 0 amide bonds. The third-order valence-corrected chi connectivity index (χ3v) is 4.37. The molecule has 2 aromatic heterocycles. The van der Waals surface area contributed by atoms with Gasteiger partial charge in [0.1, 0.15) is 0 Å². The summed E-state index contributed by atoms with van der Waals surface area (Å²) in [6.07, 6.45) is 9.36. The fourth-order valence-electron chi connectivity index (χ4n) is 3.08. The van der Waals surface area contributed by atoms with Gasteiger partial charge in [0.15, 0.2) is 5.82 Å². The van der Waals surface area contributed by atoms with Gasteiger partial charge in [-0.15, -0.1) is 0 Å². The van der Waals surface area contributed by atoms with Crippen LogP contribution in [0.5, 0.6) is 0 Å². The number of pyridine rings is 1. The molecule has 0 saturated carbocycles. The van der Waals surface area contributed by atoms with Crippen LogP contribution < -0.4 is 4.57 Å². The average molecular weight is 319 g/mol. The molecule has 0 spiro atoms. The van der Waals surface area contributed by atoms with E-state index < -0.39 is 0 Å². The minimum absolute atomic E-state index is 0.458. The topological polar surface area (TPSA) is 21.7 Å². The first-order chi connectivity index (χ1) is 11.5. The van der Waals surface area contributed by atoms with E-state index in [-0.39, 0.29) is 0 Å². The predicted octanol–water partition coefficient (Wildman–Crippen LogP) is 4.50. The summed E-state index contributed by atoms with van der Waals surface area (Å²) in [4.78, 5) is 4.49. The van der Waals surface area contributed by atoms with Crippen molar-refractivity contribution in [3.05, 3.63) is 71.9 Å². The number of rotatable bonds is 4. The maximum absolute atomic E-state index is 4.49. The Labute approximate surface area is 144 Å². The summed E-state index contributed by atoms with van der Waals surface area (Å²) in [5.41, 5.74) is 5.07. The molecule has 0 aliphatic heterocycles. The maximum atomic E-state index is 4.49. The van der Waals surface area contributed by atoms with Gasteiger partial charge in [-0.25, -0.2) is 0 Å². The molecule has 0 saturated heterocycles. The lowest BCUT2D eigenvalue weighted by Crippen LogP contribution is -2.32. The van der Waals surface area contributed by atoms with Crippen molar-refractivity contribution in [2.24, 2.45) is 0 Å². The average Bonchev–Trinajstić information content (AvgIpc) is 3.03. The third kappa shape index (κ3) is 2.99. The smallest absolute Gasteiger partial charge is 0.270 e. The standard InChI is InChI=1S/C21H25N3/c1-15(2)18-9-6-10-19(16(3)4)20(18)23-12-13-24(14-23)21-17(5)8-7-11-22-21/h6-13,15-16H,1-5H3. The second-order valence-corrected chi connectivity index (χ2v) is 6.88. The molecule has 0 aliphatic rings. The van der Waals surface area contributed by atoms with Gasteiger partial charge >= 0.3 is 0 Å². The van der Waals surface area contributed by atoms with Gasteiger partial charge in [-0.1, -0.05) is 52.0 Å². The molecule has 124 valence electrons. The minimum Gasteiger partial charge on any atom is -0.298 e. The van der Waals surface area contributed by atoms with Gasteiger partial charge < -0.3 is 0 Å². The zero-order valence-corrected chi connectivity index (χ0v) is 15.1. The Morgan fingerprint density at radius 1 is 1.00 bits per heavy atom. The van der Waals surface area contributed by atoms with E-state index in [1.165, 1.54) is 16.8 Å². The summed E-state index contributed by atoms with van der Waals surface area (Å²) in [5.74, 6) is 1.84. The van der Waals surface area contributed by atoms with Crippen LogP contribution in [0.3, 0.4) is 0 Å². The Morgan fingerprint density at radius 3 is 2.25 bits per heavy atom. The van der Waals surface area contributed by atoms with Gasteiger partial charge in [0.05, 0.1) is 5.69 Å². The van der Waals surface area contributed by atoms with Gasteiger partial charge in [-0.2, -0.15) is 0 Å². The summed E-state index contributed by atoms with van der Waals surface area (Å²) in [6, 6.07) is 10.6. The minimum atomic E-state index is 0.458. The van der Waals surface area contributed by atoms with Crippen LogP contribution in [0.2, 0.25) is 0 Å². The van der Waals surface area contributed by atoms with Crippen LogP contribution in [0.1, 0.15) is 56.2 Å². The molecule has 0 aliphatic carbocycles. The zero-order chi connectivity index (χ0) is 17.3. The Hall–Kier alpha value is -2.42. The molecule has 24 heavy (non-hydrogen) atoms. The first-order valence-electron chi connectivity index (χ1n) is 8.56. The SMILES string of the molecule is Cc1cccnc1-n1[c-][n+](-c2c(C(C)C)cccc2C(C)C)cc1. The van der Waals surface area contributed by atoms with Crippen LogP contribution in [0, 0.1) is 13.3 Å². The van der Waals surface area contributed by atoms with Gasteiger partial charge in [0.2, 0.25) is 0 Å². The van der Waals surface area contributed by atoms with Crippen molar-refractivity contribution in [3.63, 3.8) is 0 Å². The first kappa shape index (κ1) is 16.4. The fraction of sp³-hybridized carbons (Fsp3) is 0.333. The van der Waals surface area contributed by atoms with Crippen molar-refractivity contribution in [3.8, 4) is 11.5 Å². The van der Waals surface area contributed by atoms with Crippen LogP contribution in [-0.4, -0.2) is 9.55 Å². The molecule has 0 unspecified atom stereocenters. The summed E-state index contributed by atoms with van der Waals surface area (Å²) >= 11 is 0. The molecule has 0 bridgehead atoms. The summed E-state index contributed by atoms with van der Waals surface area (Å²) < 4.78 is 4.08. The molecule has 0 atom stereocenters. The van der Waals surface area contributed by atoms with Gasteiger partial charge in [-0.3, -0.25) is 14.1 Å². The number of aromatic nitrogens is 3. The number of hydrogen-bond acceptors (Lipinski definition) is 1. The quantitative estimate of drug-likeness (QED) is 0.512. The largest absolute Gasteiger partial charge is 0.298 e. The van der Waals surface area contributed by atoms with Crippen LogP contribution >= 0.6 is 0 Å². The molecule has 0 fully saturated rings. The van der Waals surface area contributed by atoms with E-state index in [0.717, 1.165) is 11.4 Å². The van der Waals surface area contributed by atoms with Gasteiger partial charge in [-0.05, 0) is 41.5 Å². The van der Waals surface area contributed by atoms with Gasteiger partial charge in [0.25, 0.3) is 6.33 Å². The fourth-order valence-corrected chi connectivity index (χ4v) is 3.08. The van der Waals surface area contributed by atoms with E-state index in [9.17, 15) is 0 Å². The second kappa shape index (κ2) is 6.60. The van der Waals surface area contributed by atoms with E-state index in [4.69, 9.17) is 0 Å². The molecule has 3 aromatic rings. The highest BCUT2D eigenvalue weighted by Gasteiger charge is 2.16. The molecule has 3 rings (SSSR count). The molecule has 1 aromatic carbocycles. The number of hydrogen-bond donors (Lipinski definition) is 0. The van der Waals surface area contributed by atoms with Crippen LogP contribution in [0.25, 0.3) is 11.5 Å². The summed E-state index contributed by atoms with van der Waals surface area (Å²) in [7, 11) is 0. The van der Waals surface area contributed by atoms with Crippen LogP contribution in [0.4, 0.5) is 0 Å².